The number of carboxylic acid groups (broad SMARTS) is 1. The fraction of sp³-hybridized carbons (Fsp3) is 0.500. The Morgan fingerprint density at radius 1 is 1.26 bits per heavy atom. The van der Waals surface area contributed by atoms with E-state index in [9.17, 15) is 9.90 Å². The van der Waals surface area contributed by atoms with Crippen molar-refractivity contribution in [1.82, 2.24) is 9.88 Å². The molecule has 2 heterocycles. The van der Waals surface area contributed by atoms with Crippen LogP contribution in [-0.4, -0.2) is 54.2 Å². The number of aliphatic carboxylic acids is 1. The Kier molecular flexibility index (Phi) is 3.53. The number of hydrogen-bond acceptors (Lipinski definition) is 3. The molecular formula is C18H23N3O2. The van der Waals surface area contributed by atoms with Crippen LogP contribution < -0.4 is 4.90 Å². The number of nitrogens with zero attached hydrogens (tertiary/aromatic N) is 2. The van der Waals surface area contributed by atoms with E-state index in [1.807, 2.05) is 0 Å². The van der Waals surface area contributed by atoms with Crippen LogP contribution >= 0.6 is 0 Å². The second-order valence-electron chi connectivity index (χ2n) is 6.82. The molecule has 2 aliphatic rings. The predicted molar refractivity (Wildman–Crippen MR) is 91.3 cm³/mol. The van der Waals surface area contributed by atoms with Gasteiger partial charge in [0.25, 0.3) is 0 Å². The van der Waals surface area contributed by atoms with Gasteiger partial charge in [-0.05, 0) is 50.1 Å². The molecule has 122 valence electrons. The maximum Gasteiger partial charge on any atom is 0.312 e. The molecule has 0 spiro atoms. The van der Waals surface area contributed by atoms with Crippen molar-refractivity contribution in [2.45, 2.75) is 25.2 Å². The van der Waals surface area contributed by atoms with Gasteiger partial charge in [-0.15, -0.1) is 0 Å². The summed E-state index contributed by atoms with van der Waals surface area (Å²) >= 11 is 0. The summed E-state index contributed by atoms with van der Waals surface area (Å²) in [5.74, 6) is -1.09. The molecule has 1 unspecified atom stereocenters. The number of hydrogen-bond donors (Lipinski definition) is 2. The molecule has 1 fully saturated rings. The highest BCUT2D eigenvalue weighted by molar-refractivity contribution is 5.90. The number of fused-ring (bicyclic) bond motifs is 3. The van der Waals surface area contributed by atoms with Gasteiger partial charge in [0, 0.05) is 48.5 Å². The van der Waals surface area contributed by atoms with E-state index in [1.54, 1.807) is 0 Å². The Morgan fingerprint density at radius 2 is 2.04 bits per heavy atom. The third-order valence-electron chi connectivity index (χ3n) is 5.36. The zero-order chi connectivity index (χ0) is 16.0. The Morgan fingerprint density at radius 3 is 2.78 bits per heavy atom. The standard InChI is InChI=1S/C18H23N3O2/c1-20-7-9-21(10-8-20)12-5-6-16-15(11-12)13-3-2-4-14(18(22)23)17(13)19-16/h5-6,11,14,19H,2-4,7-10H2,1H3,(H,22,23). The molecule has 1 aromatic heterocycles. The zero-order valence-corrected chi connectivity index (χ0v) is 13.5. The van der Waals surface area contributed by atoms with Crippen LogP contribution in [0.15, 0.2) is 18.2 Å². The highest BCUT2D eigenvalue weighted by Crippen LogP contribution is 2.37. The third kappa shape index (κ3) is 2.49. The molecule has 4 rings (SSSR count). The van der Waals surface area contributed by atoms with E-state index in [2.05, 4.69) is 40.0 Å². The number of benzene rings is 1. The lowest BCUT2D eigenvalue weighted by Gasteiger charge is -2.34. The summed E-state index contributed by atoms with van der Waals surface area (Å²) in [6.07, 6.45) is 2.67. The average Bonchev–Trinajstić information content (AvgIpc) is 2.93. The molecule has 2 N–H and O–H groups in total. The zero-order valence-electron chi connectivity index (χ0n) is 13.5. The van der Waals surface area contributed by atoms with Crippen LogP contribution in [0, 0.1) is 0 Å². The number of likely N-dealkylation sites (N-methyl/N-ethyl adjacent to an activating group) is 1. The first-order valence-electron chi connectivity index (χ1n) is 8.44. The quantitative estimate of drug-likeness (QED) is 0.894. The van der Waals surface area contributed by atoms with Crippen molar-refractivity contribution in [3.63, 3.8) is 0 Å². The number of aromatic amines is 1. The summed E-state index contributed by atoms with van der Waals surface area (Å²) in [7, 11) is 2.16. The van der Waals surface area contributed by atoms with Crippen LogP contribution in [0.3, 0.4) is 0 Å². The highest BCUT2D eigenvalue weighted by atomic mass is 16.4. The van der Waals surface area contributed by atoms with Gasteiger partial charge in [-0.25, -0.2) is 0 Å². The summed E-state index contributed by atoms with van der Waals surface area (Å²) in [5.41, 5.74) is 4.47. The number of rotatable bonds is 2. The van der Waals surface area contributed by atoms with Crippen molar-refractivity contribution in [3.8, 4) is 0 Å². The average molecular weight is 313 g/mol. The molecule has 0 saturated carbocycles. The molecule has 5 nitrogen and oxygen atoms in total. The van der Waals surface area contributed by atoms with E-state index in [1.165, 1.54) is 16.6 Å². The smallest absolute Gasteiger partial charge is 0.312 e. The van der Waals surface area contributed by atoms with Crippen LogP contribution in [0.5, 0.6) is 0 Å². The van der Waals surface area contributed by atoms with Gasteiger partial charge in [0.2, 0.25) is 0 Å². The van der Waals surface area contributed by atoms with Crippen LogP contribution in [0.2, 0.25) is 0 Å². The highest BCUT2D eigenvalue weighted by Gasteiger charge is 2.29. The van der Waals surface area contributed by atoms with Gasteiger partial charge >= 0.3 is 5.97 Å². The van der Waals surface area contributed by atoms with Gasteiger partial charge < -0.3 is 19.9 Å². The molecule has 5 heteroatoms. The summed E-state index contributed by atoms with van der Waals surface area (Å²) in [6, 6.07) is 6.52. The fourth-order valence-electron chi connectivity index (χ4n) is 3.96. The number of aryl methyl sites for hydroxylation is 1. The molecular weight excluding hydrogens is 290 g/mol. The lowest BCUT2D eigenvalue weighted by atomic mass is 9.87. The molecule has 1 aliphatic carbocycles. The first kappa shape index (κ1) is 14.6. The minimum Gasteiger partial charge on any atom is -0.481 e. The number of nitrogens with one attached hydrogen (secondary N) is 1. The third-order valence-corrected chi connectivity index (χ3v) is 5.36. The number of carboxylic acids is 1. The van der Waals surface area contributed by atoms with Crippen molar-refractivity contribution in [3.05, 3.63) is 29.5 Å². The monoisotopic (exact) mass is 313 g/mol. The Balaban J connectivity index is 1.73. The molecule has 0 bridgehead atoms. The molecule has 0 amide bonds. The van der Waals surface area contributed by atoms with Gasteiger partial charge in [0.05, 0.1) is 5.92 Å². The van der Waals surface area contributed by atoms with Crippen LogP contribution in [0.25, 0.3) is 10.9 Å². The molecule has 1 atom stereocenters. The largest absolute Gasteiger partial charge is 0.481 e. The molecule has 2 aromatic rings. The van der Waals surface area contributed by atoms with Gasteiger partial charge in [-0.2, -0.15) is 0 Å². The molecule has 23 heavy (non-hydrogen) atoms. The molecule has 1 aromatic carbocycles. The van der Waals surface area contributed by atoms with Crippen LogP contribution in [-0.2, 0) is 11.2 Å². The molecule has 0 radical (unpaired) electrons. The van der Waals surface area contributed by atoms with Crippen molar-refractivity contribution in [2.75, 3.05) is 38.1 Å². The number of H-pyrrole nitrogens is 1. The first-order valence-corrected chi connectivity index (χ1v) is 8.44. The first-order chi connectivity index (χ1) is 11.1. The van der Waals surface area contributed by atoms with E-state index in [0.29, 0.717) is 0 Å². The number of carbonyl (C=O) groups is 1. The van der Waals surface area contributed by atoms with E-state index in [4.69, 9.17) is 0 Å². The van der Waals surface area contributed by atoms with E-state index < -0.39 is 5.97 Å². The summed E-state index contributed by atoms with van der Waals surface area (Å²) in [5, 5.41) is 10.7. The van der Waals surface area contributed by atoms with Crippen LogP contribution in [0.4, 0.5) is 5.69 Å². The number of aromatic nitrogens is 1. The maximum atomic E-state index is 11.5. The predicted octanol–water partition coefficient (Wildman–Crippen LogP) is 2.42. The lowest BCUT2D eigenvalue weighted by Crippen LogP contribution is -2.44. The van der Waals surface area contributed by atoms with Crippen molar-refractivity contribution in [1.29, 1.82) is 0 Å². The van der Waals surface area contributed by atoms with Crippen molar-refractivity contribution < 1.29 is 9.90 Å². The van der Waals surface area contributed by atoms with Gasteiger partial charge in [-0.1, -0.05) is 0 Å². The lowest BCUT2D eigenvalue weighted by molar-refractivity contribution is -0.139. The topological polar surface area (TPSA) is 59.6 Å². The summed E-state index contributed by atoms with van der Waals surface area (Å²) in [4.78, 5) is 19.7. The van der Waals surface area contributed by atoms with Gasteiger partial charge in [0.1, 0.15) is 0 Å². The summed E-state index contributed by atoms with van der Waals surface area (Å²) in [6.45, 7) is 4.27. The minimum absolute atomic E-state index is 0.377. The van der Waals surface area contributed by atoms with E-state index in [0.717, 1.165) is 56.7 Å². The van der Waals surface area contributed by atoms with Gasteiger partial charge in [0.15, 0.2) is 0 Å². The van der Waals surface area contributed by atoms with E-state index >= 15 is 0 Å². The number of piperazine rings is 1. The van der Waals surface area contributed by atoms with E-state index in [-0.39, 0.29) is 5.92 Å². The fourth-order valence-corrected chi connectivity index (χ4v) is 3.96. The second-order valence-corrected chi connectivity index (χ2v) is 6.82. The Labute approximate surface area is 135 Å². The van der Waals surface area contributed by atoms with Crippen molar-refractivity contribution in [2.24, 2.45) is 0 Å². The molecule has 1 saturated heterocycles. The number of anilines is 1. The van der Waals surface area contributed by atoms with Gasteiger partial charge in [-0.3, -0.25) is 4.79 Å². The minimum atomic E-state index is -0.711. The Bertz CT molecular complexity index is 744. The normalized spacial score (nSPS) is 22.3. The second kappa shape index (κ2) is 5.57. The van der Waals surface area contributed by atoms with Crippen molar-refractivity contribution >= 4 is 22.6 Å². The van der Waals surface area contributed by atoms with Crippen LogP contribution in [0.1, 0.15) is 30.0 Å². The SMILES string of the molecule is CN1CCN(c2ccc3[nH]c4c(c3c2)CCCC4C(=O)O)CC1. The Hall–Kier alpha value is -2.01. The maximum absolute atomic E-state index is 11.5. The summed E-state index contributed by atoms with van der Waals surface area (Å²) < 4.78 is 0. The molecule has 1 aliphatic heterocycles.